The smallest absolute Gasteiger partial charge is 0.152 e. The van der Waals surface area contributed by atoms with Crippen molar-refractivity contribution in [3.8, 4) is 0 Å². The lowest BCUT2D eigenvalue weighted by molar-refractivity contribution is -0.117. The van der Waals surface area contributed by atoms with Crippen molar-refractivity contribution in [3.63, 3.8) is 0 Å². The minimum absolute atomic E-state index is 0.191. The number of aryl methyl sites for hydroxylation is 1. The van der Waals surface area contributed by atoms with Gasteiger partial charge in [0.05, 0.1) is 24.2 Å². The van der Waals surface area contributed by atoms with Gasteiger partial charge in [-0.05, 0) is 26.3 Å². The monoisotopic (exact) mass is 273 g/mol. The third kappa shape index (κ3) is 3.25. The molecule has 0 aliphatic heterocycles. The lowest BCUT2D eigenvalue weighted by Crippen LogP contribution is -2.31. The molecule has 2 rings (SSSR count). The molecule has 0 amide bonds. The average Bonchev–Trinajstić information content (AvgIpc) is 2.83. The summed E-state index contributed by atoms with van der Waals surface area (Å²) in [6.07, 6.45) is 1.43. The molecule has 1 N–H and O–H groups in total. The molecule has 0 fully saturated rings. The Bertz CT molecular complexity index is 588. The number of nitrogens with one attached hydrogen (secondary N) is 1. The molecule has 4 nitrogen and oxygen atoms in total. The van der Waals surface area contributed by atoms with E-state index in [-0.39, 0.29) is 5.78 Å². The molecule has 1 aromatic heterocycles. The van der Waals surface area contributed by atoms with Crippen LogP contribution in [0.5, 0.6) is 0 Å². The molecule has 108 valence electrons. The Hall–Kier alpha value is -1.68. The molecular formula is C16H23N3O. The van der Waals surface area contributed by atoms with Gasteiger partial charge in [0.15, 0.2) is 5.78 Å². The van der Waals surface area contributed by atoms with Crippen LogP contribution in [0.25, 0.3) is 10.9 Å². The van der Waals surface area contributed by atoms with E-state index in [4.69, 9.17) is 0 Å². The number of benzene rings is 1. The van der Waals surface area contributed by atoms with Crippen LogP contribution >= 0.6 is 0 Å². The van der Waals surface area contributed by atoms with E-state index < -0.39 is 0 Å². The summed E-state index contributed by atoms with van der Waals surface area (Å²) in [5.41, 5.74) is 1.99. The van der Waals surface area contributed by atoms with Crippen LogP contribution < -0.4 is 5.32 Å². The molecule has 2 aromatic rings. The van der Waals surface area contributed by atoms with E-state index in [0.29, 0.717) is 19.0 Å². The average molecular weight is 273 g/mol. The van der Waals surface area contributed by atoms with Crippen LogP contribution in [0.15, 0.2) is 24.3 Å². The molecule has 20 heavy (non-hydrogen) atoms. The fraction of sp³-hybridized carbons (Fsp3) is 0.500. The van der Waals surface area contributed by atoms with Gasteiger partial charge in [0.2, 0.25) is 0 Å². The lowest BCUT2D eigenvalue weighted by atomic mass is 10.1. The predicted molar refractivity (Wildman–Crippen MR) is 81.9 cm³/mol. The van der Waals surface area contributed by atoms with Gasteiger partial charge < -0.3 is 5.32 Å². The summed E-state index contributed by atoms with van der Waals surface area (Å²) in [5.74, 6) is 0.191. The van der Waals surface area contributed by atoms with E-state index in [9.17, 15) is 4.79 Å². The van der Waals surface area contributed by atoms with E-state index in [0.717, 1.165) is 29.6 Å². The molecule has 1 heterocycles. The first kappa shape index (κ1) is 14.7. The Kier molecular flexibility index (Phi) is 4.90. The number of hydrogen-bond donors (Lipinski definition) is 1. The Balaban J connectivity index is 2.11. The van der Waals surface area contributed by atoms with Gasteiger partial charge in [-0.2, -0.15) is 5.10 Å². The van der Waals surface area contributed by atoms with Crippen molar-refractivity contribution in [2.75, 3.05) is 6.54 Å². The summed E-state index contributed by atoms with van der Waals surface area (Å²) in [6.45, 7) is 7.50. The minimum Gasteiger partial charge on any atom is -0.307 e. The van der Waals surface area contributed by atoms with Gasteiger partial charge in [-0.1, -0.05) is 25.1 Å². The number of Topliss-reactive ketones (excluding diaryl/α,β-unsaturated/α-hetero) is 1. The molecule has 1 aromatic carbocycles. The summed E-state index contributed by atoms with van der Waals surface area (Å²) in [7, 11) is 0. The van der Waals surface area contributed by atoms with Crippen LogP contribution in [0, 0.1) is 0 Å². The van der Waals surface area contributed by atoms with Gasteiger partial charge in [0.1, 0.15) is 0 Å². The van der Waals surface area contributed by atoms with Gasteiger partial charge in [0, 0.05) is 18.0 Å². The summed E-state index contributed by atoms with van der Waals surface area (Å²) in [6, 6.07) is 8.47. The summed E-state index contributed by atoms with van der Waals surface area (Å²) in [5, 5.41) is 8.89. The maximum atomic E-state index is 12.1. The van der Waals surface area contributed by atoms with E-state index in [2.05, 4.69) is 37.3 Å². The Labute approximate surface area is 120 Å². The number of hydrogen-bond acceptors (Lipinski definition) is 3. The normalized spacial score (nSPS) is 12.8. The Morgan fingerprint density at radius 2 is 2.10 bits per heavy atom. The largest absolute Gasteiger partial charge is 0.307 e. The van der Waals surface area contributed by atoms with E-state index in [1.807, 2.05) is 22.9 Å². The molecule has 0 saturated carbocycles. The van der Waals surface area contributed by atoms with Crippen LogP contribution in [0.2, 0.25) is 0 Å². The van der Waals surface area contributed by atoms with Crippen molar-refractivity contribution in [1.82, 2.24) is 15.1 Å². The number of aromatic nitrogens is 2. The van der Waals surface area contributed by atoms with Gasteiger partial charge in [-0.3, -0.25) is 9.48 Å². The molecule has 0 radical (unpaired) electrons. The van der Waals surface area contributed by atoms with E-state index >= 15 is 0 Å². The highest BCUT2D eigenvalue weighted by atomic mass is 16.1. The van der Waals surface area contributed by atoms with Crippen molar-refractivity contribution < 1.29 is 4.79 Å². The quantitative estimate of drug-likeness (QED) is 0.843. The molecule has 1 atom stereocenters. The number of nitrogens with zero attached hydrogens (tertiary/aromatic N) is 2. The first-order chi connectivity index (χ1) is 9.65. The maximum absolute atomic E-state index is 12.1. The fourth-order valence-electron chi connectivity index (χ4n) is 2.25. The van der Waals surface area contributed by atoms with Crippen LogP contribution in [-0.4, -0.2) is 28.2 Å². The summed E-state index contributed by atoms with van der Waals surface area (Å²) in [4.78, 5) is 12.1. The highest BCUT2D eigenvalue weighted by Gasteiger charge is 2.13. The number of ketones is 1. The Morgan fingerprint density at radius 3 is 2.80 bits per heavy atom. The molecule has 0 aliphatic rings. The van der Waals surface area contributed by atoms with Gasteiger partial charge >= 0.3 is 0 Å². The second-order valence-electron chi connectivity index (χ2n) is 5.19. The van der Waals surface area contributed by atoms with Crippen LogP contribution in [0.3, 0.4) is 0 Å². The molecule has 0 aliphatic carbocycles. The van der Waals surface area contributed by atoms with Gasteiger partial charge in [0.25, 0.3) is 0 Å². The SMILES string of the molecule is CCC(C)NCC(=O)Cc1nn(CC)c2ccccc12. The first-order valence-corrected chi connectivity index (χ1v) is 7.35. The third-order valence-corrected chi connectivity index (χ3v) is 3.66. The number of fused-ring (bicyclic) bond motifs is 1. The van der Waals surface area contributed by atoms with Gasteiger partial charge in [-0.15, -0.1) is 0 Å². The van der Waals surface area contributed by atoms with Crippen molar-refractivity contribution in [2.24, 2.45) is 0 Å². The van der Waals surface area contributed by atoms with E-state index in [1.54, 1.807) is 0 Å². The zero-order chi connectivity index (χ0) is 14.5. The second kappa shape index (κ2) is 6.66. The second-order valence-corrected chi connectivity index (χ2v) is 5.19. The van der Waals surface area contributed by atoms with Crippen LogP contribution in [0.1, 0.15) is 32.9 Å². The standard InChI is InChI=1S/C16H23N3O/c1-4-12(3)17-11-13(20)10-15-14-8-6-7-9-16(14)19(5-2)18-15/h6-9,12,17H,4-5,10-11H2,1-3H3. The molecular weight excluding hydrogens is 250 g/mol. The maximum Gasteiger partial charge on any atom is 0.152 e. The van der Waals surface area contributed by atoms with Crippen molar-refractivity contribution in [1.29, 1.82) is 0 Å². The molecule has 0 saturated heterocycles. The number of carbonyl (C=O) groups is 1. The third-order valence-electron chi connectivity index (χ3n) is 3.66. The zero-order valence-electron chi connectivity index (χ0n) is 12.5. The predicted octanol–water partition coefficient (Wildman–Crippen LogP) is 2.56. The van der Waals surface area contributed by atoms with Crippen molar-refractivity contribution >= 4 is 16.7 Å². The molecule has 1 unspecified atom stereocenters. The van der Waals surface area contributed by atoms with E-state index in [1.165, 1.54) is 0 Å². The minimum atomic E-state index is 0.191. The Morgan fingerprint density at radius 1 is 1.35 bits per heavy atom. The number of rotatable bonds is 7. The topological polar surface area (TPSA) is 46.9 Å². The molecule has 0 spiro atoms. The number of para-hydroxylation sites is 1. The lowest BCUT2D eigenvalue weighted by Gasteiger charge is -2.09. The van der Waals surface area contributed by atoms with Crippen molar-refractivity contribution in [3.05, 3.63) is 30.0 Å². The highest BCUT2D eigenvalue weighted by molar-refractivity contribution is 5.89. The zero-order valence-corrected chi connectivity index (χ0v) is 12.5. The van der Waals surface area contributed by atoms with Crippen LogP contribution in [0.4, 0.5) is 0 Å². The summed E-state index contributed by atoms with van der Waals surface area (Å²) < 4.78 is 1.96. The molecule has 0 bridgehead atoms. The number of carbonyl (C=O) groups excluding carboxylic acids is 1. The molecule has 4 heteroatoms. The van der Waals surface area contributed by atoms with Gasteiger partial charge in [-0.25, -0.2) is 0 Å². The first-order valence-electron chi connectivity index (χ1n) is 7.35. The summed E-state index contributed by atoms with van der Waals surface area (Å²) >= 11 is 0. The highest BCUT2D eigenvalue weighted by Crippen LogP contribution is 2.18. The van der Waals surface area contributed by atoms with Crippen LogP contribution in [-0.2, 0) is 17.8 Å². The van der Waals surface area contributed by atoms with Crippen molar-refractivity contribution in [2.45, 2.75) is 46.2 Å². The fourth-order valence-corrected chi connectivity index (χ4v) is 2.25.